The van der Waals surface area contributed by atoms with Crippen LogP contribution < -0.4 is 9.47 Å². The molecule has 0 fully saturated rings. The Bertz CT molecular complexity index is 380. The highest BCUT2D eigenvalue weighted by atomic mass is 79.9. The molecule has 0 aliphatic heterocycles. The van der Waals surface area contributed by atoms with Crippen molar-refractivity contribution in [1.29, 1.82) is 0 Å². The van der Waals surface area contributed by atoms with Gasteiger partial charge in [-0.2, -0.15) is 0 Å². The van der Waals surface area contributed by atoms with E-state index in [0.29, 0.717) is 11.5 Å². The van der Waals surface area contributed by atoms with E-state index in [1.807, 2.05) is 12.1 Å². The highest BCUT2D eigenvalue weighted by Crippen LogP contribution is 2.37. The number of hydrogen-bond acceptors (Lipinski definition) is 3. The maximum atomic E-state index is 10.2. The van der Waals surface area contributed by atoms with Crippen molar-refractivity contribution in [3.63, 3.8) is 0 Å². The van der Waals surface area contributed by atoms with Crippen LogP contribution in [0.4, 0.5) is 0 Å². The van der Waals surface area contributed by atoms with Gasteiger partial charge in [0.25, 0.3) is 0 Å². The molecule has 0 aromatic heterocycles. The van der Waals surface area contributed by atoms with E-state index in [4.69, 9.17) is 9.47 Å². The maximum Gasteiger partial charge on any atom is 0.161 e. The van der Waals surface area contributed by atoms with E-state index in [2.05, 4.69) is 22.9 Å². The Labute approximate surface area is 117 Å². The fraction of sp³-hybridized carbons (Fsp3) is 0.571. The maximum absolute atomic E-state index is 10.2. The molecule has 0 amide bonds. The smallest absolute Gasteiger partial charge is 0.161 e. The number of ether oxygens (including phenoxy) is 2. The molecule has 3 nitrogen and oxygen atoms in total. The number of aliphatic hydroxyl groups is 1. The average molecular weight is 317 g/mol. The van der Waals surface area contributed by atoms with Gasteiger partial charge in [-0.1, -0.05) is 42.1 Å². The van der Waals surface area contributed by atoms with Crippen LogP contribution in [0.2, 0.25) is 0 Å². The number of methoxy groups -OCH3 is 2. The molecule has 0 saturated carbocycles. The van der Waals surface area contributed by atoms with Crippen LogP contribution in [0.1, 0.15) is 44.3 Å². The van der Waals surface area contributed by atoms with Crippen LogP contribution in [0.3, 0.4) is 0 Å². The van der Waals surface area contributed by atoms with Gasteiger partial charge in [0, 0.05) is 4.47 Å². The predicted octanol–water partition coefficient (Wildman–Crippen LogP) is 4.08. The minimum atomic E-state index is -0.467. The molecule has 1 rings (SSSR count). The second-order valence-corrected chi connectivity index (χ2v) is 5.09. The molecule has 1 unspecified atom stereocenters. The predicted molar refractivity (Wildman–Crippen MR) is 76.3 cm³/mol. The van der Waals surface area contributed by atoms with Crippen LogP contribution in [-0.4, -0.2) is 19.3 Å². The molecule has 4 heteroatoms. The zero-order chi connectivity index (χ0) is 13.5. The molecule has 0 aliphatic rings. The molecule has 1 aromatic rings. The van der Waals surface area contributed by atoms with Gasteiger partial charge in [-0.3, -0.25) is 0 Å². The van der Waals surface area contributed by atoms with Gasteiger partial charge in [0.2, 0.25) is 0 Å². The second-order valence-electron chi connectivity index (χ2n) is 4.24. The van der Waals surface area contributed by atoms with E-state index in [1.54, 1.807) is 14.2 Å². The first-order chi connectivity index (χ1) is 8.63. The van der Waals surface area contributed by atoms with E-state index < -0.39 is 6.10 Å². The fourth-order valence-electron chi connectivity index (χ4n) is 1.87. The summed E-state index contributed by atoms with van der Waals surface area (Å²) in [7, 11) is 3.20. The van der Waals surface area contributed by atoms with Gasteiger partial charge >= 0.3 is 0 Å². The number of benzene rings is 1. The summed E-state index contributed by atoms with van der Waals surface area (Å²) in [5, 5.41) is 10.2. The number of aliphatic hydroxyl groups excluding tert-OH is 1. The topological polar surface area (TPSA) is 38.7 Å². The van der Waals surface area contributed by atoms with Gasteiger partial charge in [0.1, 0.15) is 0 Å². The van der Waals surface area contributed by atoms with Crippen molar-refractivity contribution in [3.8, 4) is 11.5 Å². The Morgan fingerprint density at radius 2 is 1.78 bits per heavy atom. The minimum Gasteiger partial charge on any atom is -0.493 e. The van der Waals surface area contributed by atoms with Crippen molar-refractivity contribution < 1.29 is 14.6 Å². The lowest BCUT2D eigenvalue weighted by atomic mass is 10.0. The lowest BCUT2D eigenvalue weighted by Crippen LogP contribution is -2.01. The zero-order valence-electron chi connectivity index (χ0n) is 11.2. The summed E-state index contributed by atoms with van der Waals surface area (Å²) in [5.74, 6) is 1.30. The molecular formula is C14H21BrO3. The monoisotopic (exact) mass is 316 g/mol. The highest BCUT2D eigenvalue weighted by molar-refractivity contribution is 9.10. The summed E-state index contributed by atoms with van der Waals surface area (Å²) in [6.45, 7) is 2.15. The van der Waals surface area contributed by atoms with E-state index in [9.17, 15) is 5.11 Å². The molecule has 0 spiro atoms. The van der Waals surface area contributed by atoms with Crippen molar-refractivity contribution in [1.82, 2.24) is 0 Å². The van der Waals surface area contributed by atoms with Gasteiger partial charge < -0.3 is 14.6 Å². The van der Waals surface area contributed by atoms with E-state index in [1.165, 1.54) is 0 Å². The van der Waals surface area contributed by atoms with Gasteiger partial charge in [-0.15, -0.1) is 0 Å². The third kappa shape index (κ3) is 3.89. The van der Waals surface area contributed by atoms with Gasteiger partial charge in [-0.25, -0.2) is 0 Å². The van der Waals surface area contributed by atoms with Crippen LogP contribution in [0.15, 0.2) is 16.6 Å². The van der Waals surface area contributed by atoms with Crippen LogP contribution in [0, 0.1) is 0 Å². The first-order valence-electron chi connectivity index (χ1n) is 6.23. The molecule has 0 bridgehead atoms. The number of halogens is 1. The van der Waals surface area contributed by atoms with Crippen molar-refractivity contribution in [2.75, 3.05) is 14.2 Å². The molecule has 0 aliphatic carbocycles. The summed E-state index contributed by atoms with van der Waals surface area (Å²) < 4.78 is 11.3. The largest absolute Gasteiger partial charge is 0.493 e. The van der Waals surface area contributed by atoms with Crippen molar-refractivity contribution in [2.24, 2.45) is 0 Å². The lowest BCUT2D eigenvalue weighted by Gasteiger charge is -2.16. The van der Waals surface area contributed by atoms with E-state index in [0.717, 1.165) is 35.7 Å². The van der Waals surface area contributed by atoms with E-state index in [-0.39, 0.29) is 0 Å². The van der Waals surface area contributed by atoms with Crippen LogP contribution >= 0.6 is 15.9 Å². The molecule has 0 saturated heterocycles. The molecule has 1 atom stereocenters. The lowest BCUT2D eigenvalue weighted by molar-refractivity contribution is 0.162. The summed E-state index contributed by atoms with van der Waals surface area (Å²) in [6, 6.07) is 3.66. The summed E-state index contributed by atoms with van der Waals surface area (Å²) in [4.78, 5) is 0. The number of unbranched alkanes of at least 4 members (excludes halogenated alkanes) is 2. The number of hydrogen-bond donors (Lipinski definition) is 1. The second kappa shape index (κ2) is 7.64. The van der Waals surface area contributed by atoms with Gasteiger partial charge in [0.05, 0.1) is 20.3 Å². The summed E-state index contributed by atoms with van der Waals surface area (Å²) in [6.07, 6.45) is 3.62. The first kappa shape index (κ1) is 15.3. The molecule has 0 heterocycles. The standard InChI is InChI=1S/C14H21BrO3/c1-4-5-6-7-12(16)10-8-13(17-2)14(18-3)9-11(10)15/h8-9,12,16H,4-7H2,1-3H3. The Balaban J connectivity index is 2.87. The Morgan fingerprint density at radius 1 is 1.17 bits per heavy atom. The van der Waals surface area contributed by atoms with Gasteiger partial charge in [0.15, 0.2) is 11.5 Å². The molecule has 0 radical (unpaired) electrons. The van der Waals surface area contributed by atoms with Crippen molar-refractivity contribution in [3.05, 3.63) is 22.2 Å². The third-order valence-corrected chi connectivity index (χ3v) is 3.63. The summed E-state index contributed by atoms with van der Waals surface area (Å²) in [5.41, 5.74) is 0.851. The fourth-order valence-corrected chi connectivity index (χ4v) is 2.46. The van der Waals surface area contributed by atoms with Crippen LogP contribution in [-0.2, 0) is 0 Å². The molecular weight excluding hydrogens is 296 g/mol. The Morgan fingerprint density at radius 3 is 2.33 bits per heavy atom. The van der Waals surface area contributed by atoms with Crippen molar-refractivity contribution in [2.45, 2.75) is 38.7 Å². The van der Waals surface area contributed by atoms with Crippen LogP contribution in [0.25, 0.3) is 0 Å². The minimum absolute atomic E-state index is 0.467. The summed E-state index contributed by atoms with van der Waals surface area (Å²) >= 11 is 3.47. The Kier molecular flexibility index (Phi) is 6.50. The molecule has 1 N–H and O–H groups in total. The first-order valence-corrected chi connectivity index (χ1v) is 7.02. The molecule has 1 aromatic carbocycles. The number of rotatable bonds is 7. The van der Waals surface area contributed by atoms with E-state index >= 15 is 0 Å². The highest BCUT2D eigenvalue weighted by Gasteiger charge is 2.15. The zero-order valence-corrected chi connectivity index (χ0v) is 12.8. The average Bonchev–Trinajstić information content (AvgIpc) is 2.38. The Hall–Kier alpha value is -0.740. The van der Waals surface area contributed by atoms with Gasteiger partial charge in [-0.05, 0) is 24.1 Å². The third-order valence-electron chi connectivity index (χ3n) is 2.94. The normalized spacial score (nSPS) is 12.3. The van der Waals surface area contributed by atoms with Crippen molar-refractivity contribution >= 4 is 15.9 Å². The SMILES string of the molecule is CCCCCC(O)c1cc(OC)c(OC)cc1Br. The molecule has 102 valence electrons. The van der Waals surface area contributed by atoms with Crippen LogP contribution in [0.5, 0.6) is 11.5 Å². The molecule has 18 heavy (non-hydrogen) atoms. The quantitative estimate of drug-likeness (QED) is 0.770.